The molecule has 0 saturated carbocycles. The summed E-state index contributed by atoms with van der Waals surface area (Å²) >= 11 is 0. The van der Waals surface area contributed by atoms with E-state index >= 15 is 0 Å². The molecule has 1 unspecified atom stereocenters. The van der Waals surface area contributed by atoms with Gasteiger partial charge in [0, 0.05) is 13.2 Å². The lowest BCUT2D eigenvalue weighted by Crippen LogP contribution is -2.42. The number of anilines is 2. The molecule has 1 aliphatic rings. The molecular weight excluding hydrogens is 324 g/mol. The molecule has 25 heavy (non-hydrogen) atoms. The van der Waals surface area contributed by atoms with Gasteiger partial charge in [0.2, 0.25) is 0 Å². The van der Waals surface area contributed by atoms with Crippen molar-refractivity contribution in [3.63, 3.8) is 0 Å². The van der Waals surface area contributed by atoms with Crippen molar-refractivity contribution in [2.45, 2.75) is 13.0 Å². The molecule has 1 amide bonds. The van der Waals surface area contributed by atoms with Crippen molar-refractivity contribution in [3.8, 4) is 17.5 Å². The summed E-state index contributed by atoms with van der Waals surface area (Å²) in [6.07, 6.45) is 0.769. The minimum absolute atomic E-state index is 0.0280. The molecule has 8 heteroatoms. The van der Waals surface area contributed by atoms with Crippen molar-refractivity contribution in [1.82, 2.24) is 4.57 Å². The van der Waals surface area contributed by atoms with Crippen LogP contribution in [-0.2, 0) is 9.53 Å². The third-order valence-corrected chi connectivity index (χ3v) is 4.11. The molecule has 0 fully saturated rings. The first-order chi connectivity index (χ1) is 11.9. The lowest BCUT2D eigenvalue weighted by atomic mass is 10.1. The molecule has 0 spiro atoms. The van der Waals surface area contributed by atoms with Crippen molar-refractivity contribution in [3.05, 3.63) is 35.7 Å². The number of ether oxygens (including phenoxy) is 2. The average molecular weight is 340 g/mol. The smallest absolute Gasteiger partial charge is 0.357 e. The van der Waals surface area contributed by atoms with Crippen molar-refractivity contribution >= 4 is 23.3 Å². The van der Waals surface area contributed by atoms with E-state index in [2.05, 4.69) is 0 Å². The summed E-state index contributed by atoms with van der Waals surface area (Å²) in [6, 6.07) is 7.12. The van der Waals surface area contributed by atoms with Crippen LogP contribution in [-0.4, -0.2) is 36.7 Å². The summed E-state index contributed by atoms with van der Waals surface area (Å²) in [5.41, 5.74) is 7.18. The van der Waals surface area contributed by atoms with E-state index in [9.17, 15) is 14.9 Å². The number of hydrogen-bond donors (Lipinski definition) is 1. The third-order valence-electron chi connectivity index (χ3n) is 4.11. The van der Waals surface area contributed by atoms with Crippen LogP contribution in [0.25, 0.3) is 5.69 Å². The highest BCUT2D eigenvalue weighted by Gasteiger charge is 2.32. The van der Waals surface area contributed by atoms with Gasteiger partial charge in [-0.2, -0.15) is 5.26 Å². The number of carbonyl (C=O) groups is 2. The fourth-order valence-electron chi connectivity index (χ4n) is 2.81. The number of rotatable bonds is 2. The molecule has 0 saturated heterocycles. The molecule has 2 heterocycles. The fourth-order valence-corrected chi connectivity index (χ4v) is 2.81. The van der Waals surface area contributed by atoms with Gasteiger partial charge in [-0.05, 0) is 19.1 Å². The maximum atomic E-state index is 12.2. The Bertz CT molecular complexity index is 925. The van der Waals surface area contributed by atoms with E-state index in [1.165, 1.54) is 22.8 Å². The van der Waals surface area contributed by atoms with Gasteiger partial charge in [0.1, 0.15) is 6.07 Å². The number of methoxy groups -OCH3 is 1. The zero-order valence-electron chi connectivity index (χ0n) is 13.9. The van der Waals surface area contributed by atoms with Crippen LogP contribution < -0.4 is 15.4 Å². The number of esters is 1. The van der Waals surface area contributed by atoms with E-state index < -0.39 is 12.1 Å². The van der Waals surface area contributed by atoms with Crippen molar-refractivity contribution in [2.75, 3.05) is 24.8 Å². The molecule has 0 aliphatic carbocycles. The molecule has 128 valence electrons. The molecule has 8 nitrogen and oxygen atoms in total. The first-order valence-corrected chi connectivity index (χ1v) is 7.47. The SMILES string of the molecule is COC(=O)c1c(N)c(C#N)cn1-c1cccc2c1OC(C)C(=O)N2C. The van der Waals surface area contributed by atoms with Crippen LogP contribution in [0.3, 0.4) is 0 Å². The number of nitrogen functional groups attached to an aromatic ring is 1. The van der Waals surface area contributed by atoms with Crippen LogP contribution in [0, 0.1) is 11.3 Å². The second-order valence-corrected chi connectivity index (χ2v) is 5.56. The van der Waals surface area contributed by atoms with Gasteiger partial charge >= 0.3 is 5.97 Å². The van der Waals surface area contributed by atoms with E-state index in [0.717, 1.165) is 0 Å². The van der Waals surface area contributed by atoms with Gasteiger partial charge < -0.3 is 24.7 Å². The van der Waals surface area contributed by atoms with Gasteiger partial charge in [0.05, 0.1) is 29.7 Å². The lowest BCUT2D eigenvalue weighted by Gasteiger charge is -2.31. The number of para-hydroxylation sites is 1. The summed E-state index contributed by atoms with van der Waals surface area (Å²) in [5, 5.41) is 9.24. The second kappa shape index (κ2) is 5.87. The largest absolute Gasteiger partial charge is 0.476 e. The quantitative estimate of drug-likeness (QED) is 0.829. The van der Waals surface area contributed by atoms with E-state index in [4.69, 9.17) is 15.2 Å². The zero-order chi connectivity index (χ0) is 18.3. The van der Waals surface area contributed by atoms with Gasteiger partial charge in [-0.15, -0.1) is 0 Å². The van der Waals surface area contributed by atoms with E-state index in [0.29, 0.717) is 17.1 Å². The molecule has 1 aromatic carbocycles. The Hall–Kier alpha value is -3.47. The summed E-state index contributed by atoms with van der Waals surface area (Å²) in [4.78, 5) is 25.8. The molecule has 0 radical (unpaired) electrons. The number of amides is 1. The second-order valence-electron chi connectivity index (χ2n) is 5.56. The van der Waals surface area contributed by atoms with Crippen molar-refractivity contribution in [2.24, 2.45) is 0 Å². The highest BCUT2D eigenvalue weighted by atomic mass is 16.5. The van der Waals surface area contributed by atoms with Crippen LogP contribution in [0.2, 0.25) is 0 Å². The maximum absolute atomic E-state index is 12.2. The number of nitriles is 1. The molecule has 2 N–H and O–H groups in total. The standard InChI is InChI=1S/C17H16N4O4/c1-9-16(22)20(2)11-5-4-6-12(15(11)25-9)21-8-10(7-18)13(19)14(21)17(23)24-3/h4-6,8-9H,19H2,1-3H3. The number of nitrogens with two attached hydrogens (primary N) is 1. The number of hydrogen-bond acceptors (Lipinski definition) is 6. The van der Waals surface area contributed by atoms with E-state index in [1.54, 1.807) is 32.2 Å². The molecule has 1 aromatic heterocycles. The predicted octanol–water partition coefficient (Wildman–Crippen LogP) is 1.46. The summed E-state index contributed by atoms with van der Waals surface area (Å²) in [5.74, 6) is -0.436. The lowest BCUT2D eigenvalue weighted by molar-refractivity contribution is -0.125. The molecule has 0 bridgehead atoms. The molecular formula is C17H16N4O4. The monoisotopic (exact) mass is 340 g/mol. The summed E-state index contributed by atoms with van der Waals surface area (Å²) < 4.78 is 12.0. The van der Waals surface area contributed by atoms with Gasteiger partial charge in [-0.1, -0.05) is 6.07 Å². The summed E-state index contributed by atoms with van der Waals surface area (Å²) in [7, 11) is 2.88. The Morgan fingerprint density at radius 2 is 2.08 bits per heavy atom. The van der Waals surface area contributed by atoms with Gasteiger partial charge in [-0.25, -0.2) is 4.79 Å². The van der Waals surface area contributed by atoms with Crippen molar-refractivity contribution in [1.29, 1.82) is 5.26 Å². The van der Waals surface area contributed by atoms with Crippen LogP contribution >= 0.6 is 0 Å². The van der Waals surface area contributed by atoms with Crippen LogP contribution in [0.5, 0.6) is 5.75 Å². The van der Waals surface area contributed by atoms with E-state index in [-0.39, 0.29) is 22.9 Å². The first-order valence-electron chi connectivity index (χ1n) is 7.47. The number of carbonyl (C=O) groups excluding carboxylic acids is 2. The normalized spacial score (nSPS) is 16.0. The van der Waals surface area contributed by atoms with Crippen molar-refractivity contribution < 1.29 is 19.1 Å². The third kappa shape index (κ3) is 2.37. The predicted molar refractivity (Wildman–Crippen MR) is 89.7 cm³/mol. The number of aromatic nitrogens is 1. The van der Waals surface area contributed by atoms with Crippen LogP contribution in [0.15, 0.2) is 24.4 Å². The first kappa shape index (κ1) is 16.4. The Kier molecular flexibility index (Phi) is 3.85. The average Bonchev–Trinajstić information content (AvgIpc) is 2.95. The Labute approximate surface area is 143 Å². The topological polar surface area (TPSA) is 111 Å². The molecule has 3 rings (SSSR count). The minimum Gasteiger partial charge on any atom is -0.476 e. The highest BCUT2D eigenvalue weighted by Crippen LogP contribution is 2.40. The Morgan fingerprint density at radius 3 is 2.72 bits per heavy atom. The number of fused-ring (bicyclic) bond motifs is 1. The highest BCUT2D eigenvalue weighted by molar-refractivity contribution is 6.01. The Balaban J connectivity index is 2.28. The Morgan fingerprint density at radius 1 is 1.40 bits per heavy atom. The van der Waals surface area contributed by atoms with Gasteiger partial charge in [-0.3, -0.25) is 4.79 Å². The molecule has 1 aliphatic heterocycles. The molecule has 2 aromatic rings. The van der Waals surface area contributed by atoms with Crippen LogP contribution in [0.4, 0.5) is 11.4 Å². The number of nitrogens with zero attached hydrogens (tertiary/aromatic N) is 3. The number of benzene rings is 1. The molecule has 1 atom stereocenters. The van der Waals surface area contributed by atoms with Crippen LogP contribution in [0.1, 0.15) is 23.0 Å². The van der Waals surface area contributed by atoms with E-state index in [1.807, 2.05) is 6.07 Å². The van der Waals surface area contributed by atoms with Gasteiger partial charge in [0.15, 0.2) is 17.5 Å². The maximum Gasteiger partial charge on any atom is 0.357 e. The number of likely N-dealkylation sites (N-methyl/N-ethyl adjacent to an activating group) is 1. The minimum atomic E-state index is -0.677. The van der Waals surface area contributed by atoms with Gasteiger partial charge in [0.25, 0.3) is 5.91 Å². The summed E-state index contributed by atoms with van der Waals surface area (Å²) in [6.45, 7) is 1.64. The zero-order valence-corrected chi connectivity index (χ0v) is 13.9. The fraction of sp³-hybridized carbons (Fsp3) is 0.235.